The van der Waals surface area contributed by atoms with Crippen LogP contribution in [0.1, 0.15) is 19.4 Å². The number of hydrogen-bond acceptors (Lipinski definition) is 2. The highest BCUT2D eigenvalue weighted by Gasteiger charge is 2.42. The summed E-state index contributed by atoms with van der Waals surface area (Å²) in [6.45, 7) is 3.92. The van der Waals surface area contributed by atoms with Gasteiger partial charge in [0.1, 0.15) is 0 Å². The Labute approximate surface area is 93.3 Å². The first-order valence-electron chi connectivity index (χ1n) is 5.27. The average molecular weight is 215 g/mol. The fraction of sp³-hybridized carbons (Fsp3) is 0.333. The van der Waals surface area contributed by atoms with Crippen molar-refractivity contribution in [2.75, 3.05) is 11.9 Å². The molecule has 0 bridgehead atoms. The smallest absolute Gasteiger partial charge is 0.236 e. The van der Waals surface area contributed by atoms with Gasteiger partial charge in [-0.15, -0.1) is 0 Å². The van der Waals surface area contributed by atoms with Crippen molar-refractivity contribution in [3.05, 3.63) is 24.0 Å². The lowest BCUT2D eigenvalue weighted by Crippen LogP contribution is -2.33. The van der Waals surface area contributed by atoms with Crippen molar-refractivity contribution in [3.63, 3.8) is 0 Å². The normalized spacial score (nSPS) is 18.2. The first-order valence-corrected chi connectivity index (χ1v) is 5.27. The van der Waals surface area contributed by atoms with E-state index in [1.165, 1.54) is 0 Å². The maximum absolute atomic E-state index is 12.1. The molecule has 0 radical (unpaired) electrons. The van der Waals surface area contributed by atoms with Crippen molar-refractivity contribution < 1.29 is 4.79 Å². The lowest BCUT2D eigenvalue weighted by molar-refractivity contribution is -0.121. The molecule has 82 valence electrons. The monoisotopic (exact) mass is 215 g/mol. The van der Waals surface area contributed by atoms with Gasteiger partial charge in [0.05, 0.1) is 22.8 Å². The molecule has 0 saturated carbocycles. The van der Waals surface area contributed by atoms with Gasteiger partial charge in [-0.25, -0.2) is 4.98 Å². The van der Waals surface area contributed by atoms with Gasteiger partial charge in [-0.2, -0.15) is 0 Å². The van der Waals surface area contributed by atoms with E-state index in [1.54, 1.807) is 11.2 Å². The second-order valence-corrected chi connectivity index (χ2v) is 4.78. The number of aromatic amines is 1. The summed E-state index contributed by atoms with van der Waals surface area (Å²) in [5, 5.41) is 0. The zero-order valence-electron chi connectivity index (χ0n) is 9.53. The highest BCUT2D eigenvalue weighted by atomic mass is 16.2. The summed E-state index contributed by atoms with van der Waals surface area (Å²) in [5.41, 5.74) is 3.47. The molecule has 0 aliphatic carbocycles. The Hall–Kier alpha value is -1.84. The van der Waals surface area contributed by atoms with Gasteiger partial charge in [0.15, 0.2) is 0 Å². The number of imidazole rings is 1. The van der Waals surface area contributed by atoms with Crippen LogP contribution in [-0.2, 0) is 10.2 Å². The number of benzene rings is 1. The van der Waals surface area contributed by atoms with E-state index >= 15 is 0 Å². The molecular formula is C12H13N3O. The predicted octanol–water partition coefficient (Wildman–Crippen LogP) is 1.82. The Morgan fingerprint density at radius 1 is 1.38 bits per heavy atom. The van der Waals surface area contributed by atoms with Crippen LogP contribution in [-0.4, -0.2) is 22.9 Å². The summed E-state index contributed by atoms with van der Waals surface area (Å²) < 4.78 is 0. The van der Waals surface area contributed by atoms with Crippen LogP contribution in [0.4, 0.5) is 5.69 Å². The Morgan fingerprint density at radius 3 is 2.88 bits per heavy atom. The molecule has 0 saturated heterocycles. The number of carbonyl (C=O) groups excluding carboxylic acids is 1. The number of nitrogens with one attached hydrogen (secondary N) is 1. The van der Waals surface area contributed by atoms with E-state index in [0.29, 0.717) is 0 Å². The molecule has 0 fully saturated rings. The van der Waals surface area contributed by atoms with E-state index < -0.39 is 5.41 Å². The molecule has 1 aromatic heterocycles. The molecule has 1 N–H and O–H groups in total. The number of H-pyrrole nitrogens is 1. The summed E-state index contributed by atoms with van der Waals surface area (Å²) in [6, 6.07) is 3.99. The lowest BCUT2D eigenvalue weighted by atomic mass is 9.86. The molecule has 4 nitrogen and oxygen atoms in total. The van der Waals surface area contributed by atoms with Gasteiger partial charge in [-0.1, -0.05) is 0 Å². The maximum atomic E-state index is 12.1. The Bertz CT molecular complexity index is 597. The van der Waals surface area contributed by atoms with Crippen molar-refractivity contribution in [2.24, 2.45) is 0 Å². The van der Waals surface area contributed by atoms with Gasteiger partial charge >= 0.3 is 0 Å². The number of anilines is 1. The number of aromatic nitrogens is 2. The van der Waals surface area contributed by atoms with E-state index in [0.717, 1.165) is 22.3 Å². The fourth-order valence-electron chi connectivity index (χ4n) is 2.39. The van der Waals surface area contributed by atoms with E-state index in [9.17, 15) is 4.79 Å². The van der Waals surface area contributed by atoms with Crippen molar-refractivity contribution in [1.29, 1.82) is 0 Å². The standard InChI is InChI=1S/C12H13N3O/c1-12(2)7-4-8-9(14-6-13-8)5-10(7)15(3)11(12)16/h4-6H,1-3H3,(H,13,14). The zero-order chi connectivity index (χ0) is 11.5. The van der Waals surface area contributed by atoms with Crippen LogP contribution in [0.25, 0.3) is 11.0 Å². The molecule has 16 heavy (non-hydrogen) atoms. The van der Waals surface area contributed by atoms with Crippen LogP contribution in [0.3, 0.4) is 0 Å². The van der Waals surface area contributed by atoms with Crippen LogP contribution >= 0.6 is 0 Å². The van der Waals surface area contributed by atoms with Gasteiger partial charge in [-0.3, -0.25) is 4.79 Å². The second kappa shape index (κ2) is 2.64. The molecule has 1 amide bonds. The molecule has 1 aliphatic heterocycles. The molecule has 2 aromatic rings. The van der Waals surface area contributed by atoms with Gasteiger partial charge in [0, 0.05) is 12.7 Å². The Morgan fingerprint density at radius 2 is 2.12 bits per heavy atom. The molecule has 0 atom stereocenters. The second-order valence-electron chi connectivity index (χ2n) is 4.78. The first-order chi connectivity index (χ1) is 7.51. The number of nitrogens with zero attached hydrogens (tertiary/aromatic N) is 2. The molecule has 1 aromatic carbocycles. The van der Waals surface area contributed by atoms with Crippen molar-refractivity contribution in [3.8, 4) is 0 Å². The summed E-state index contributed by atoms with van der Waals surface area (Å²) in [5.74, 6) is 0.134. The van der Waals surface area contributed by atoms with Gasteiger partial charge in [0.2, 0.25) is 5.91 Å². The molecule has 0 unspecified atom stereocenters. The van der Waals surface area contributed by atoms with E-state index in [-0.39, 0.29) is 5.91 Å². The number of fused-ring (bicyclic) bond motifs is 2. The lowest BCUT2D eigenvalue weighted by Gasteiger charge is -2.16. The average Bonchev–Trinajstić information content (AvgIpc) is 2.76. The third kappa shape index (κ3) is 0.939. The highest BCUT2D eigenvalue weighted by Crippen LogP contribution is 2.42. The third-order valence-corrected chi connectivity index (χ3v) is 3.41. The van der Waals surface area contributed by atoms with Crippen LogP contribution in [0.15, 0.2) is 18.5 Å². The highest BCUT2D eigenvalue weighted by molar-refractivity contribution is 6.09. The fourth-order valence-corrected chi connectivity index (χ4v) is 2.39. The molecule has 4 heteroatoms. The van der Waals surface area contributed by atoms with E-state index in [1.807, 2.05) is 33.0 Å². The summed E-state index contributed by atoms with van der Waals surface area (Å²) in [7, 11) is 1.81. The van der Waals surface area contributed by atoms with Gasteiger partial charge in [0.25, 0.3) is 0 Å². The Balaban J connectivity index is 2.38. The molecule has 2 heterocycles. The largest absolute Gasteiger partial charge is 0.345 e. The molecular weight excluding hydrogens is 202 g/mol. The van der Waals surface area contributed by atoms with Crippen LogP contribution < -0.4 is 4.90 Å². The van der Waals surface area contributed by atoms with Gasteiger partial charge < -0.3 is 9.88 Å². The third-order valence-electron chi connectivity index (χ3n) is 3.41. The minimum absolute atomic E-state index is 0.134. The van der Waals surface area contributed by atoms with Crippen molar-refractivity contribution in [2.45, 2.75) is 19.3 Å². The van der Waals surface area contributed by atoms with Crippen molar-refractivity contribution >= 4 is 22.6 Å². The maximum Gasteiger partial charge on any atom is 0.236 e. The van der Waals surface area contributed by atoms with Crippen LogP contribution in [0, 0.1) is 0 Å². The number of amides is 1. The SMILES string of the molecule is CN1C(=O)C(C)(C)c2cc3[nH]cnc3cc21. The molecule has 1 aliphatic rings. The number of likely N-dealkylation sites (N-methyl/N-ethyl adjacent to an activating group) is 1. The number of hydrogen-bond donors (Lipinski definition) is 1. The summed E-state index contributed by atoms with van der Waals surface area (Å²) in [4.78, 5) is 21.1. The summed E-state index contributed by atoms with van der Waals surface area (Å²) in [6.07, 6.45) is 1.68. The molecule has 3 rings (SSSR count). The minimum atomic E-state index is -0.441. The minimum Gasteiger partial charge on any atom is -0.345 e. The van der Waals surface area contributed by atoms with Crippen LogP contribution in [0.5, 0.6) is 0 Å². The molecule has 0 spiro atoms. The number of rotatable bonds is 0. The first kappa shape index (κ1) is 9.39. The Kier molecular flexibility index (Phi) is 1.55. The van der Waals surface area contributed by atoms with E-state index in [4.69, 9.17) is 0 Å². The van der Waals surface area contributed by atoms with Crippen LogP contribution in [0.2, 0.25) is 0 Å². The quantitative estimate of drug-likeness (QED) is 0.728. The van der Waals surface area contributed by atoms with Gasteiger partial charge in [-0.05, 0) is 31.5 Å². The number of carbonyl (C=O) groups is 1. The van der Waals surface area contributed by atoms with Crippen molar-refractivity contribution in [1.82, 2.24) is 9.97 Å². The topological polar surface area (TPSA) is 49.0 Å². The zero-order valence-corrected chi connectivity index (χ0v) is 9.53. The summed E-state index contributed by atoms with van der Waals surface area (Å²) >= 11 is 0. The van der Waals surface area contributed by atoms with E-state index in [2.05, 4.69) is 9.97 Å². The predicted molar refractivity (Wildman–Crippen MR) is 62.5 cm³/mol.